The number of rotatable bonds is 8. The second-order valence-electron chi connectivity index (χ2n) is 6.35. The summed E-state index contributed by atoms with van der Waals surface area (Å²) < 4.78 is 31.8. The van der Waals surface area contributed by atoms with Crippen molar-refractivity contribution in [2.24, 2.45) is 0 Å². The highest BCUT2D eigenvalue weighted by Crippen LogP contribution is 2.23. The molecule has 1 aliphatic rings. The molecule has 0 fully saturated rings. The number of hydrogen-bond acceptors (Lipinski definition) is 6. The van der Waals surface area contributed by atoms with Gasteiger partial charge in [-0.25, -0.2) is 17.9 Å². The first-order chi connectivity index (χ1) is 13.3. The van der Waals surface area contributed by atoms with E-state index < -0.39 is 34.5 Å². The Balaban J connectivity index is 1.76. The average molecular weight is 411 g/mol. The van der Waals surface area contributed by atoms with Crippen LogP contribution in [0.4, 0.5) is 4.79 Å². The lowest BCUT2D eigenvalue weighted by molar-refractivity contribution is -0.148. The van der Waals surface area contributed by atoms with E-state index in [1.165, 1.54) is 5.56 Å². The van der Waals surface area contributed by atoms with E-state index in [9.17, 15) is 22.8 Å². The number of sulfonamides is 1. The van der Waals surface area contributed by atoms with Crippen molar-refractivity contribution >= 4 is 27.9 Å². The monoisotopic (exact) mass is 411 g/mol. The van der Waals surface area contributed by atoms with E-state index in [-0.39, 0.29) is 17.9 Å². The van der Waals surface area contributed by atoms with E-state index in [2.05, 4.69) is 10.0 Å². The molecule has 0 atom stereocenters. The molecule has 3 amide bonds. The molecule has 9 nitrogen and oxygen atoms in total. The van der Waals surface area contributed by atoms with Crippen molar-refractivity contribution in [3.63, 3.8) is 0 Å². The Hall–Kier alpha value is -2.46. The van der Waals surface area contributed by atoms with Crippen LogP contribution in [0.5, 0.6) is 0 Å². The number of ether oxygens (including phenoxy) is 1. The SMILES string of the molecule is CCNC(=O)NC(=O)COC(=O)CCNS(=O)(=O)c1ccc2c(c1)CCCC2. The Labute approximate surface area is 164 Å². The van der Waals surface area contributed by atoms with Crippen LogP contribution >= 0.6 is 0 Å². The molecule has 1 aromatic carbocycles. The molecule has 10 heteroatoms. The minimum Gasteiger partial charge on any atom is -0.456 e. The summed E-state index contributed by atoms with van der Waals surface area (Å²) in [7, 11) is -3.73. The van der Waals surface area contributed by atoms with Gasteiger partial charge in [-0.3, -0.25) is 14.9 Å². The number of aryl methyl sites for hydroxylation is 2. The largest absolute Gasteiger partial charge is 0.456 e. The number of benzene rings is 1. The fourth-order valence-electron chi connectivity index (χ4n) is 2.83. The number of urea groups is 1. The smallest absolute Gasteiger partial charge is 0.321 e. The molecule has 0 spiro atoms. The molecule has 0 aromatic heterocycles. The topological polar surface area (TPSA) is 131 Å². The third kappa shape index (κ3) is 6.61. The highest BCUT2D eigenvalue weighted by Gasteiger charge is 2.18. The van der Waals surface area contributed by atoms with Gasteiger partial charge in [0.2, 0.25) is 10.0 Å². The standard InChI is InChI=1S/C18H25N3O6S/c1-2-19-18(24)21-16(22)12-27-17(23)9-10-20-28(25,26)15-8-7-13-5-3-4-6-14(13)11-15/h7-8,11,20H,2-6,9-10,12H2,1H3,(H2,19,21,22,24). The van der Waals surface area contributed by atoms with Crippen molar-refractivity contribution in [3.8, 4) is 0 Å². The fourth-order valence-corrected chi connectivity index (χ4v) is 3.92. The molecule has 0 heterocycles. The molecule has 3 N–H and O–H groups in total. The second kappa shape index (κ2) is 10.2. The quantitative estimate of drug-likeness (QED) is 0.538. The van der Waals surface area contributed by atoms with Crippen LogP contribution in [0, 0.1) is 0 Å². The lowest BCUT2D eigenvalue weighted by Crippen LogP contribution is -2.41. The van der Waals surface area contributed by atoms with Crippen LogP contribution in [0.15, 0.2) is 23.1 Å². The first kappa shape index (κ1) is 21.8. The third-order valence-electron chi connectivity index (χ3n) is 4.21. The highest BCUT2D eigenvalue weighted by molar-refractivity contribution is 7.89. The van der Waals surface area contributed by atoms with Crippen molar-refractivity contribution in [2.75, 3.05) is 19.7 Å². The van der Waals surface area contributed by atoms with Crippen LogP contribution in [0.1, 0.15) is 37.3 Å². The van der Waals surface area contributed by atoms with Crippen LogP contribution in [0.3, 0.4) is 0 Å². The van der Waals surface area contributed by atoms with Gasteiger partial charge in [0, 0.05) is 13.1 Å². The molecule has 0 radical (unpaired) electrons. The van der Waals surface area contributed by atoms with Crippen LogP contribution in [0.25, 0.3) is 0 Å². The van der Waals surface area contributed by atoms with Crippen molar-refractivity contribution < 1.29 is 27.5 Å². The highest BCUT2D eigenvalue weighted by atomic mass is 32.2. The Bertz CT molecular complexity index is 838. The van der Waals surface area contributed by atoms with Gasteiger partial charge in [-0.2, -0.15) is 0 Å². The van der Waals surface area contributed by atoms with Crippen molar-refractivity contribution in [1.82, 2.24) is 15.4 Å². The zero-order valence-electron chi connectivity index (χ0n) is 15.7. The molecule has 0 aliphatic heterocycles. The molecule has 0 unspecified atom stereocenters. The maximum Gasteiger partial charge on any atom is 0.321 e. The molecular weight excluding hydrogens is 386 g/mol. The number of imide groups is 1. The Morgan fingerprint density at radius 1 is 1.11 bits per heavy atom. The van der Waals surface area contributed by atoms with Gasteiger partial charge in [-0.15, -0.1) is 0 Å². The second-order valence-corrected chi connectivity index (χ2v) is 8.12. The van der Waals surface area contributed by atoms with Crippen LogP contribution < -0.4 is 15.4 Å². The zero-order valence-corrected chi connectivity index (χ0v) is 16.6. The number of carbonyl (C=O) groups excluding carboxylic acids is 3. The van der Waals surface area contributed by atoms with Gasteiger partial charge in [0.25, 0.3) is 5.91 Å². The molecule has 2 rings (SSSR count). The first-order valence-corrected chi connectivity index (χ1v) is 10.6. The molecule has 1 aliphatic carbocycles. The number of carbonyl (C=O) groups is 3. The Morgan fingerprint density at radius 3 is 2.54 bits per heavy atom. The fraction of sp³-hybridized carbons (Fsp3) is 0.500. The summed E-state index contributed by atoms with van der Waals surface area (Å²) in [6.45, 7) is 1.27. The predicted octanol–water partition coefficient (Wildman–Crippen LogP) is 0.623. The average Bonchev–Trinajstić information content (AvgIpc) is 2.66. The normalized spacial score (nSPS) is 13.3. The summed E-state index contributed by atoms with van der Waals surface area (Å²) in [4.78, 5) is 34.4. The summed E-state index contributed by atoms with van der Waals surface area (Å²) in [6.07, 6.45) is 3.74. The summed E-state index contributed by atoms with van der Waals surface area (Å²) in [5.41, 5.74) is 2.23. The van der Waals surface area contributed by atoms with Crippen molar-refractivity contribution in [1.29, 1.82) is 0 Å². The first-order valence-electron chi connectivity index (χ1n) is 9.16. The third-order valence-corrected chi connectivity index (χ3v) is 5.66. The van der Waals surface area contributed by atoms with E-state index in [0.29, 0.717) is 6.54 Å². The molecule has 154 valence electrons. The van der Waals surface area contributed by atoms with E-state index in [4.69, 9.17) is 4.74 Å². The maximum atomic E-state index is 12.4. The van der Waals surface area contributed by atoms with Gasteiger partial charge >= 0.3 is 12.0 Å². The van der Waals surface area contributed by atoms with Crippen LogP contribution in [-0.4, -0.2) is 46.0 Å². The van der Waals surface area contributed by atoms with Gasteiger partial charge in [-0.05, 0) is 55.9 Å². The van der Waals surface area contributed by atoms with E-state index in [1.54, 1.807) is 19.1 Å². The van der Waals surface area contributed by atoms with E-state index in [0.717, 1.165) is 31.2 Å². The Morgan fingerprint density at radius 2 is 1.82 bits per heavy atom. The summed E-state index contributed by atoms with van der Waals surface area (Å²) >= 11 is 0. The number of fused-ring (bicyclic) bond motifs is 1. The van der Waals surface area contributed by atoms with Crippen LogP contribution in [-0.2, 0) is 37.2 Å². The van der Waals surface area contributed by atoms with Gasteiger partial charge in [0.1, 0.15) is 0 Å². The van der Waals surface area contributed by atoms with Crippen LogP contribution in [0.2, 0.25) is 0 Å². The summed E-state index contributed by atoms with van der Waals surface area (Å²) in [6, 6.07) is 4.41. The summed E-state index contributed by atoms with van der Waals surface area (Å²) in [5, 5.41) is 4.35. The van der Waals surface area contributed by atoms with Crippen molar-refractivity contribution in [3.05, 3.63) is 29.3 Å². The number of amides is 3. The molecular formula is C18H25N3O6S. The van der Waals surface area contributed by atoms with Crippen molar-refractivity contribution in [2.45, 2.75) is 43.9 Å². The lowest BCUT2D eigenvalue weighted by atomic mass is 9.92. The minimum atomic E-state index is -3.73. The van der Waals surface area contributed by atoms with E-state index >= 15 is 0 Å². The molecule has 0 saturated carbocycles. The minimum absolute atomic E-state index is 0.157. The molecule has 0 bridgehead atoms. The predicted molar refractivity (Wildman–Crippen MR) is 101 cm³/mol. The van der Waals surface area contributed by atoms with Gasteiger partial charge in [0.05, 0.1) is 11.3 Å². The van der Waals surface area contributed by atoms with E-state index in [1.807, 2.05) is 11.4 Å². The molecule has 0 saturated heterocycles. The molecule has 1 aromatic rings. The maximum absolute atomic E-state index is 12.4. The molecule has 28 heavy (non-hydrogen) atoms. The van der Waals surface area contributed by atoms with Gasteiger partial charge in [-0.1, -0.05) is 6.07 Å². The summed E-state index contributed by atoms with van der Waals surface area (Å²) in [5.74, 6) is -1.52. The number of hydrogen-bond donors (Lipinski definition) is 3. The lowest BCUT2D eigenvalue weighted by Gasteiger charge is -2.16. The zero-order chi connectivity index (χ0) is 20.6. The van der Waals surface area contributed by atoms with Gasteiger partial charge < -0.3 is 10.1 Å². The number of esters is 1. The number of nitrogens with one attached hydrogen (secondary N) is 3. The van der Waals surface area contributed by atoms with Gasteiger partial charge in [0.15, 0.2) is 6.61 Å². The Kier molecular flexibility index (Phi) is 7.94.